The van der Waals surface area contributed by atoms with Crippen molar-refractivity contribution in [1.29, 1.82) is 0 Å². The van der Waals surface area contributed by atoms with Crippen LogP contribution >= 0.6 is 0 Å². The van der Waals surface area contributed by atoms with Crippen LogP contribution in [0.2, 0.25) is 0 Å². The van der Waals surface area contributed by atoms with Gasteiger partial charge in [0.05, 0.1) is 25.0 Å². The van der Waals surface area contributed by atoms with Crippen molar-refractivity contribution in [2.75, 3.05) is 5.32 Å². The summed E-state index contributed by atoms with van der Waals surface area (Å²) in [5.41, 5.74) is 2.87. The lowest BCUT2D eigenvalue weighted by Crippen LogP contribution is -2.39. The monoisotopic (exact) mass is 429 g/mol. The Balaban J connectivity index is 1.58. The van der Waals surface area contributed by atoms with Crippen LogP contribution in [0.3, 0.4) is 0 Å². The van der Waals surface area contributed by atoms with E-state index in [1.54, 1.807) is 10.9 Å². The van der Waals surface area contributed by atoms with E-state index < -0.39 is 6.10 Å². The van der Waals surface area contributed by atoms with Crippen LogP contribution in [-0.4, -0.2) is 36.4 Å². The Morgan fingerprint density at radius 2 is 1.59 bits per heavy atom. The highest BCUT2D eigenvalue weighted by molar-refractivity contribution is 5.71. The van der Waals surface area contributed by atoms with Gasteiger partial charge in [-0.2, -0.15) is 4.98 Å². The molecule has 7 heteroatoms. The summed E-state index contributed by atoms with van der Waals surface area (Å²) in [4.78, 5) is 22.9. The molecule has 5 rings (SSSR count). The number of anilines is 1. The molecule has 2 unspecified atom stereocenters. The molecule has 0 saturated heterocycles. The second-order valence-electron chi connectivity index (χ2n) is 8.45. The first-order valence-corrected chi connectivity index (χ1v) is 11.2. The molecule has 32 heavy (non-hydrogen) atoms. The van der Waals surface area contributed by atoms with Gasteiger partial charge in [-0.1, -0.05) is 73.5 Å². The molecule has 0 amide bonds. The number of hydrogen-bond acceptors (Lipinski definition) is 5. The summed E-state index contributed by atoms with van der Waals surface area (Å²) >= 11 is 0. The zero-order valence-electron chi connectivity index (χ0n) is 17.9. The molecule has 7 nitrogen and oxygen atoms in total. The van der Waals surface area contributed by atoms with Crippen LogP contribution < -0.4 is 10.9 Å². The van der Waals surface area contributed by atoms with Crippen molar-refractivity contribution >= 4 is 17.1 Å². The van der Waals surface area contributed by atoms with Crippen molar-refractivity contribution in [3.8, 4) is 0 Å². The fourth-order valence-electron chi connectivity index (χ4n) is 4.43. The number of rotatable bonds is 6. The third-order valence-corrected chi connectivity index (χ3v) is 6.16. The van der Waals surface area contributed by atoms with Gasteiger partial charge in [0.2, 0.25) is 5.95 Å². The minimum atomic E-state index is -0.447. The maximum atomic E-state index is 13.7. The molecule has 0 bridgehead atoms. The van der Waals surface area contributed by atoms with Crippen molar-refractivity contribution < 1.29 is 5.11 Å². The maximum Gasteiger partial charge on any atom is 0.281 e. The number of benzene rings is 2. The van der Waals surface area contributed by atoms with Crippen molar-refractivity contribution in [2.45, 2.75) is 50.9 Å². The molecule has 2 atom stereocenters. The smallest absolute Gasteiger partial charge is 0.281 e. The number of hydrogen-bond donors (Lipinski definition) is 2. The first-order chi connectivity index (χ1) is 15.7. The normalized spacial score (nSPS) is 18.7. The molecule has 1 fully saturated rings. The van der Waals surface area contributed by atoms with Gasteiger partial charge in [-0.05, 0) is 24.0 Å². The van der Waals surface area contributed by atoms with Crippen LogP contribution in [0.25, 0.3) is 11.2 Å². The zero-order chi connectivity index (χ0) is 21.9. The Morgan fingerprint density at radius 1 is 0.938 bits per heavy atom. The Labute approximate surface area is 186 Å². The van der Waals surface area contributed by atoms with Crippen LogP contribution in [0, 0.1) is 0 Å². The first kappa shape index (κ1) is 20.5. The van der Waals surface area contributed by atoms with Gasteiger partial charge in [-0.25, -0.2) is 4.98 Å². The average molecular weight is 430 g/mol. The van der Waals surface area contributed by atoms with Crippen molar-refractivity contribution in [3.63, 3.8) is 0 Å². The number of nitrogens with zero attached hydrogens (tertiary/aromatic N) is 4. The molecule has 1 aliphatic carbocycles. The topological polar surface area (TPSA) is 85.0 Å². The van der Waals surface area contributed by atoms with E-state index in [1.165, 1.54) is 0 Å². The third kappa shape index (κ3) is 4.16. The lowest BCUT2D eigenvalue weighted by atomic mass is 9.93. The van der Waals surface area contributed by atoms with Gasteiger partial charge in [0, 0.05) is 6.54 Å². The maximum absolute atomic E-state index is 13.7. The number of aliphatic hydroxyl groups excluding tert-OH is 1. The number of fused-ring (bicyclic) bond motifs is 1. The van der Waals surface area contributed by atoms with Gasteiger partial charge in [0.25, 0.3) is 5.56 Å². The molecule has 1 saturated carbocycles. The van der Waals surface area contributed by atoms with Crippen LogP contribution in [-0.2, 0) is 13.1 Å². The second-order valence-corrected chi connectivity index (χ2v) is 8.45. The van der Waals surface area contributed by atoms with E-state index in [0.29, 0.717) is 30.2 Å². The van der Waals surface area contributed by atoms with Crippen molar-refractivity contribution in [2.24, 2.45) is 0 Å². The van der Waals surface area contributed by atoms with Crippen LogP contribution in [0.5, 0.6) is 0 Å². The lowest BCUT2D eigenvalue weighted by Gasteiger charge is -2.29. The zero-order valence-corrected chi connectivity index (χ0v) is 17.9. The summed E-state index contributed by atoms with van der Waals surface area (Å²) < 4.78 is 3.53. The van der Waals surface area contributed by atoms with E-state index in [1.807, 2.05) is 65.2 Å². The Bertz CT molecular complexity index is 1250. The summed E-state index contributed by atoms with van der Waals surface area (Å²) in [7, 11) is 0. The lowest BCUT2D eigenvalue weighted by molar-refractivity contribution is 0.116. The molecular weight excluding hydrogens is 402 g/mol. The number of nitrogens with one attached hydrogen (secondary N) is 1. The van der Waals surface area contributed by atoms with E-state index in [4.69, 9.17) is 4.98 Å². The summed E-state index contributed by atoms with van der Waals surface area (Å²) in [6, 6.07) is 19.8. The Hall–Kier alpha value is -3.45. The summed E-state index contributed by atoms with van der Waals surface area (Å²) in [6.45, 7) is 0.942. The molecule has 2 N–H and O–H groups in total. The fraction of sp³-hybridized carbons (Fsp3) is 0.320. The molecule has 0 spiro atoms. The molecule has 164 valence electrons. The van der Waals surface area contributed by atoms with Gasteiger partial charge < -0.3 is 15.0 Å². The highest BCUT2D eigenvalue weighted by Gasteiger charge is 2.25. The molecule has 1 aliphatic rings. The number of aromatic nitrogens is 4. The highest BCUT2D eigenvalue weighted by atomic mass is 16.3. The van der Waals surface area contributed by atoms with Crippen molar-refractivity contribution in [3.05, 3.63) is 88.5 Å². The molecule has 2 aromatic heterocycles. The summed E-state index contributed by atoms with van der Waals surface area (Å²) in [5, 5.41) is 13.8. The van der Waals surface area contributed by atoms with Gasteiger partial charge in [-0.15, -0.1) is 0 Å². The van der Waals surface area contributed by atoms with Gasteiger partial charge >= 0.3 is 0 Å². The van der Waals surface area contributed by atoms with E-state index >= 15 is 0 Å². The SMILES string of the molecule is O=c1c2c(ncn2Cc2ccccc2)nc(NC2CCCCC2O)n1Cc1ccccc1. The highest BCUT2D eigenvalue weighted by Crippen LogP contribution is 2.22. The third-order valence-electron chi connectivity index (χ3n) is 6.16. The van der Waals surface area contributed by atoms with E-state index in [-0.39, 0.29) is 11.6 Å². The minimum absolute atomic E-state index is 0.124. The number of imidazole rings is 1. The Morgan fingerprint density at radius 3 is 2.28 bits per heavy atom. The quantitative estimate of drug-likeness (QED) is 0.491. The second kappa shape index (κ2) is 8.96. The van der Waals surface area contributed by atoms with Crippen LogP contribution in [0.15, 0.2) is 71.8 Å². The predicted octanol–water partition coefficient (Wildman–Crippen LogP) is 3.41. The molecule has 2 heterocycles. The van der Waals surface area contributed by atoms with E-state index in [2.05, 4.69) is 10.3 Å². The van der Waals surface area contributed by atoms with Crippen LogP contribution in [0.1, 0.15) is 36.8 Å². The van der Waals surface area contributed by atoms with Crippen LogP contribution in [0.4, 0.5) is 5.95 Å². The standard InChI is InChI=1S/C25H27N5O2/c31-21-14-8-7-13-20(21)27-25-28-23-22(24(32)30(25)16-19-11-5-2-6-12-19)29(17-26-23)15-18-9-3-1-4-10-18/h1-6,9-12,17,20-21,31H,7-8,13-16H2,(H,27,28). The van der Waals surface area contributed by atoms with E-state index in [0.717, 1.165) is 36.8 Å². The first-order valence-electron chi connectivity index (χ1n) is 11.2. The molecule has 4 aromatic rings. The van der Waals surface area contributed by atoms with Gasteiger partial charge in [-0.3, -0.25) is 9.36 Å². The molecular formula is C25H27N5O2. The predicted molar refractivity (Wildman–Crippen MR) is 125 cm³/mol. The minimum Gasteiger partial charge on any atom is -0.391 e. The molecule has 2 aromatic carbocycles. The summed E-state index contributed by atoms with van der Waals surface area (Å²) in [6.07, 6.45) is 4.91. The summed E-state index contributed by atoms with van der Waals surface area (Å²) in [5.74, 6) is 0.460. The van der Waals surface area contributed by atoms with Gasteiger partial charge in [0.15, 0.2) is 11.2 Å². The average Bonchev–Trinajstić information content (AvgIpc) is 3.22. The van der Waals surface area contributed by atoms with Gasteiger partial charge in [0.1, 0.15) is 0 Å². The molecule has 0 radical (unpaired) electrons. The molecule has 0 aliphatic heterocycles. The van der Waals surface area contributed by atoms with Crippen molar-refractivity contribution in [1.82, 2.24) is 19.1 Å². The fourth-order valence-corrected chi connectivity index (χ4v) is 4.43. The van der Waals surface area contributed by atoms with E-state index in [9.17, 15) is 9.90 Å². The Kier molecular flexibility index (Phi) is 5.73. The largest absolute Gasteiger partial charge is 0.391 e. The number of aliphatic hydroxyl groups is 1.